The Morgan fingerprint density at radius 1 is 1.10 bits per heavy atom. The minimum absolute atomic E-state index is 0.0948. The first kappa shape index (κ1) is 29.8. The SMILES string of the molecule is CCOC(=O)C(=CN(C)C)C(=O)c1ccc(C#Cc2cc(Cc3cnc(N)nc3N)cc(OC)c2OC)cc1Cl. The molecule has 0 saturated heterocycles. The van der Waals surface area contributed by atoms with E-state index in [0.29, 0.717) is 34.6 Å². The number of benzene rings is 2. The topological polar surface area (TPSA) is 143 Å². The molecule has 208 valence electrons. The molecule has 0 aliphatic carbocycles. The second kappa shape index (κ2) is 13.4. The Morgan fingerprint density at radius 2 is 1.85 bits per heavy atom. The van der Waals surface area contributed by atoms with Crippen molar-refractivity contribution in [1.29, 1.82) is 0 Å². The minimum Gasteiger partial charge on any atom is -0.493 e. The fourth-order valence-electron chi connectivity index (χ4n) is 3.74. The highest BCUT2D eigenvalue weighted by molar-refractivity contribution is 6.37. The molecule has 1 heterocycles. The molecule has 0 atom stereocenters. The van der Waals surface area contributed by atoms with Crippen molar-refractivity contribution in [3.63, 3.8) is 0 Å². The number of hydrogen-bond donors (Lipinski definition) is 2. The molecule has 0 radical (unpaired) electrons. The van der Waals surface area contributed by atoms with Crippen LogP contribution in [0.3, 0.4) is 0 Å². The normalized spacial score (nSPS) is 10.8. The number of nitrogens with two attached hydrogens (primary N) is 2. The van der Waals surface area contributed by atoms with Gasteiger partial charge in [0.1, 0.15) is 11.4 Å². The van der Waals surface area contributed by atoms with Crippen molar-refractivity contribution in [2.24, 2.45) is 0 Å². The number of ether oxygens (including phenoxy) is 3. The van der Waals surface area contributed by atoms with Gasteiger partial charge in [0.25, 0.3) is 0 Å². The predicted molar refractivity (Wildman–Crippen MR) is 153 cm³/mol. The van der Waals surface area contributed by atoms with Crippen LogP contribution in [0.1, 0.15) is 39.5 Å². The van der Waals surface area contributed by atoms with Crippen LogP contribution < -0.4 is 20.9 Å². The van der Waals surface area contributed by atoms with Gasteiger partial charge in [0.15, 0.2) is 11.5 Å². The van der Waals surface area contributed by atoms with E-state index in [9.17, 15) is 9.59 Å². The lowest BCUT2D eigenvalue weighted by Gasteiger charge is -2.13. The van der Waals surface area contributed by atoms with Crippen molar-refractivity contribution in [1.82, 2.24) is 14.9 Å². The summed E-state index contributed by atoms with van der Waals surface area (Å²) in [5, 5.41) is 0.142. The third-order valence-corrected chi connectivity index (χ3v) is 5.85. The monoisotopic (exact) mass is 563 g/mol. The van der Waals surface area contributed by atoms with Crippen LogP contribution in [-0.4, -0.2) is 61.5 Å². The highest BCUT2D eigenvalue weighted by Gasteiger charge is 2.23. The minimum atomic E-state index is -0.727. The Balaban J connectivity index is 1.97. The number of ketones is 1. The number of carbonyl (C=O) groups is 2. The van der Waals surface area contributed by atoms with Crippen molar-refractivity contribution in [2.75, 3.05) is 46.4 Å². The second-order valence-electron chi connectivity index (χ2n) is 8.69. The zero-order valence-electron chi connectivity index (χ0n) is 22.9. The van der Waals surface area contributed by atoms with Crippen LogP contribution >= 0.6 is 11.6 Å². The molecule has 3 rings (SSSR count). The molecular weight excluding hydrogens is 534 g/mol. The number of anilines is 2. The van der Waals surface area contributed by atoms with E-state index in [-0.39, 0.29) is 34.5 Å². The number of halogens is 1. The molecule has 3 aromatic rings. The van der Waals surface area contributed by atoms with Gasteiger partial charge in [-0.1, -0.05) is 23.4 Å². The van der Waals surface area contributed by atoms with E-state index in [1.165, 1.54) is 26.5 Å². The molecule has 0 amide bonds. The number of aromatic nitrogens is 2. The molecule has 1 aromatic heterocycles. The predicted octanol–water partition coefficient (Wildman–Crippen LogP) is 3.49. The van der Waals surface area contributed by atoms with E-state index >= 15 is 0 Å². The fourth-order valence-corrected chi connectivity index (χ4v) is 4.01. The molecule has 10 nitrogen and oxygen atoms in total. The summed E-state index contributed by atoms with van der Waals surface area (Å²) in [6.07, 6.45) is 3.39. The lowest BCUT2D eigenvalue weighted by Crippen LogP contribution is -2.19. The van der Waals surface area contributed by atoms with Gasteiger partial charge in [0.2, 0.25) is 11.7 Å². The summed E-state index contributed by atoms with van der Waals surface area (Å²) in [6, 6.07) is 8.39. The Kier molecular flexibility index (Phi) is 9.95. The molecule has 0 saturated carbocycles. The molecule has 0 aliphatic rings. The summed E-state index contributed by atoms with van der Waals surface area (Å²) in [7, 11) is 6.45. The smallest absolute Gasteiger partial charge is 0.343 e. The van der Waals surface area contributed by atoms with Crippen molar-refractivity contribution < 1.29 is 23.8 Å². The largest absolute Gasteiger partial charge is 0.493 e. The van der Waals surface area contributed by atoms with Crippen LogP contribution in [0, 0.1) is 11.8 Å². The van der Waals surface area contributed by atoms with Gasteiger partial charge in [0, 0.05) is 49.6 Å². The number of rotatable bonds is 9. The first-order valence-corrected chi connectivity index (χ1v) is 12.5. The summed E-state index contributed by atoms with van der Waals surface area (Å²) >= 11 is 6.46. The molecule has 40 heavy (non-hydrogen) atoms. The zero-order valence-corrected chi connectivity index (χ0v) is 23.6. The molecule has 0 fully saturated rings. The molecule has 0 aliphatic heterocycles. The average Bonchev–Trinajstić information content (AvgIpc) is 2.91. The zero-order chi connectivity index (χ0) is 29.4. The van der Waals surface area contributed by atoms with E-state index in [1.54, 1.807) is 44.2 Å². The van der Waals surface area contributed by atoms with Crippen molar-refractivity contribution >= 4 is 35.1 Å². The summed E-state index contributed by atoms with van der Waals surface area (Å²) in [5.74, 6) is 6.17. The van der Waals surface area contributed by atoms with Crippen LogP contribution in [-0.2, 0) is 16.0 Å². The van der Waals surface area contributed by atoms with Crippen molar-refractivity contribution in [3.05, 3.63) is 81.1 Å². The van der Waals surface area contributed by atoms with E-state index in [1.807, 2.05) is 12.1 Å². The highest BCUT2D eigenvalue weighted by atomic mass is 35.5. The lowest BCUT2D eigenvalue weighted by molar-refractivity contribution is -0.138. The maximum atomic E-state index is 13.1. The van der Waals surface area contributed by atoms with Gasteiger partial charge in [0.05, 0.1) is 31.4 Å². The molecule has 11 heteroatoms. The number of hydrogen-bond acceptors (Lipinski definition) is 10. The Labute approximate surface area is 237 Å². The van der Waals surface area contributed by atoms with Crippen LogP contribution in [0.5, 0.6) is 11.5 Å². The Morgan fingerprint density at radius 3 is 2.45 bits per heavy atom. The number of nitrogen functional groups attached to an aromatic ring is 2. The summed E-state index contributed by atoms with van der Waals surface area (Å²) in [6.45, 7) is 1.80. The standard InChI is InChI=1S/C29H30ClN5O5/c1-6-40-28(37)22(16-35(2)3)25(36)21-10-8-17(13-23(21)30)7-9-19-11-18(14-24(38-4)26(19)39-5)12-20-15-33-29(32)34-27(20)31/h8,10-11,13-16H,6,12H2,1-5H3,(H4,31,32,33,34). The average molecular weight is 564 g/mol. The molecule has 2 aromatic carbocycles. The Hall–Kier alpha value is -4.75. The molecule has 0 spiro atoms. The summed E-state index contributed by atoms with van der Waals surface area (Å²) < 4.78 is 16.1. The van der Waals surface area contributed by atoms with Crippen LogP contribution in [0.4, 0.5) is 11.8 Å². The van der Waals surface area contributed by atoms with Gasteiger partial charge in [-0.05, 0) is 42.8 Å². The van der Waals surface area contributed by atoms with Crippen LogP contribution in [0.15, 0.2) is 48.3 Å². The first-order chi connectivity index (χ1) is 19.1. The first-order valence-electron chi connectivity index (χ1n) is 12.1. The van der Waals surface area contributed by atoms with Crippen LogP contribution in [0.2, 0.25) is 5.02 Å². The van der Waals surface area contributed by atoms with Gasteiger partial charge in [-0.3, -0.25) is 4.79 Å². The number of methoxy groups -OCH3 is 2. The molecule has 0 unspecified atom stereocenters. The fraction of sp³-hybridized carbons (Fsp3) is 0.241. The van der Waals surface area contributed by atoms with Crippen molar-refractivity contribution in [3.8, 4) is 23.3 Å². The summed E-state index contributed by atoms with van der Waals surface area (Å²) in [5.41, 5.74) is 14.3. The van der Waals surface area contributed by atoms with Crippen LogP contribution in [0.25, 0.3) is 0 Å². The van der Waals surface area contributed by atoms with Gasteiger partial charge in [-0.15, -0.1) is 0 Å². The third kappa shape index (κ3) is 7.21. The maximum absolute atomic E-state index is 13.1. The highest BCUT2D eigenvalue weighted by Crippen LogP contribution is 2.33. The van der Waals surface area contributed by atoms with E-state index in [4.69, 9.17) is 37.3 Å². The van der Waals surface area contributed by atoms with Gasteiger partial charge in [-0.25, -0.2) is 9.78 Å². The number of carbonyl (C=O) groups excluding carboxylic acids is 2. The van der Waals surface area contributed by atoms with Gasteiger partial charge >= 0.3 is 5.97 Å². The third-order valence-electron chi connectivity index (χ3n) is 5.53. The molecular formula is C29H30ClN5O5. The number of Topliss-reactive ketones (excluding diaryl/α,β-unsaturated/α-hetero) is 1. The second-order valence-corrected chi connectivity index (χ2v) is 9.10. The lowest BCUT2D eigenvalue weighted by atomic mass is 10.0. The van der Waals surface area contributed by atoms with Gasteiger partial charge < -0.3 is 30.6 Å². The molecule has 0 bridgehead atoms. The van der Waals surface area contributed by atoms with E-state index in [0.717, 1.165) is 5.56 Å². The number of esters is 1. The van der Waals surface area contributed by atoms with E-state index < -0.39 is 11.8 Å². The quantitative estimate of drug-likeness (QED) is 0.0991. The van der Waals surface area contributed by atoms with E-state index in [2.05, 4.69) is 21.8 Å². The van der Waals surface area contributed by atoms with Crippen molar-refractivity contribution in [2.45, 2.75) is 13.3 Å². The molecule has 4 N–H and O–H groups in total. The van der Waals surface area contributed by atoms with Gasteiger partial charge in [-0.2, -0.15) is 4.98 Å². The summed E-state index contributed by atoms with van der Waals surface area (Å²) in [4.78, 5) is 35.1. The number of nitrogens with zero attached hydrogens (tertiary/aromatic N) is 3. The Bertz CT molecular complexity index is 1530. The maximum Gasteiger partial charge on any atom is 0.343 e.